The SMILES string of the molecule is O=C(C=Cc1ccc(-c2ccc(Cl)cc2)o1)Nc1ccccc1N1CCCCC1. The lowest BCUT2D eigenvalue weighted by Crippen LogP contribution is -2.30. The zero-order chi connectivity index (χ0) is 20.1. The lowest BCUT2D eigenvalue weighted by molar-refractivity contribution is -0.111. The molecule has 0 atom stereocenters. The van der Waals surface area contributed by atoms with Gasteiger partial charge in [0.2, 0.25) is 5.91 Å². The van der Waals surface area contributed by atoms with E-state index in [0.717, 1.165) is 35.8 Å². The van der Waals surface area contributed by atoms with E-state index < -0.39 is 0 Å². The molecule has 1 aliphatic rings. The van der Waals surface area contributed by atoms with E-state index in [0.29, 0.717) is 10.8 Å². The average Bonchev–Trinajstić information content (AvgIpc) is 3.23. The number of halogens is 1. The third-order valence-corrected chi connectivity index (χ3v) is 5.27. The number of carbonyl (C=O) groups excluding carboxylic acids is 1. The van der Waals surface area contributed by atoms with Gasteiger partial charge in [-0.05, 0) is 73.9 Å². The molecule has 5 heteroatoms. The molecule has 0 aliphatic carbocycles. The highest BCUT2D eigenvalue weighted by Gasteiger charge is 2.14. The van der Waals surface area contributed by atoms with E-state index in [1.165, 1.54) is 25.3 Å². The molecule has 1 aromatic heterocycles. The minimum atomic E-state index is -0.182. The number of furan rings is 1. The molecular formula is C24H23ClN2O2. The predicted octanol–water partition coefficient (Wildman–Crippen LogP) is 6.24. The summed E-state index contributed by atoms with van der Waals surface area (Å²) in [5.74, 6) is 1.17. The number of nitrogens with zero attached hydrogens (tertiary/aromatic N) is 1. The second kappa shape index (κ2) is 9.01. The molecule has 148 valence electrons. The summed E-state index contributed by atoms with van der Waals surface area (Å²) in [6, 6.07) is 19.1. The summed E-state index contributed by atoms with van der Waals surface area (Å²) in [6.45, 7) is 2.06. The first kappa shape index (κ1) is 19.3. The number of piperidine rings is 1. The van der Waals surface area contributed by atoms with E-state index in [4.69, 9.17) is 16.0 Å². The molecule has 0 unspecified atom stereocenters. The third-order valence-electron chi connectivity index (χ3n) is 5.01. The van der Waals surface area contributed by atoms with Crippen molar-refractivity contribution in [1.29, 1.82) is 0 Å². The molecule has 2 aromatic carbocycles. The van der Waals surface area contributed by atoms with Gasteiger partial charge in [-0.3, -0.25) is 4.79 Å². The van der Waals surface area contributed by atoms with Crippen LogP contribution in [0.3, 0.4) is 0 Å². The Hall–Kier alpha value is -2.98. The zero-order valence-corrected chi connectivity index (χ0v) is 16.9. The number of carbonyl (C=O) groups is 1. The second-order valence-electron chi connectivity index (χ2n) is 7.10. The normalized spacial score (nSPS) is 14.3. The van der Waals surface area contributed by atoms with Crippen molar-refractivity contribution in [2.24, 2.45) is 0 Å². The van der Waals surface area contributed by atoms with Gasteiger partial charge in [0.15, 0.2) is 0 Å². The van der Waals surface area contributed by atoms with Crippen molar-refractivity contribution in [1.82, 2.24) is 0 Å². The Balaban J connectivity index is 1.43. The summed E-state index contributed by atoms with van der Waals surface area (Å²) in [5, 5.41) is 3.68. The fraction of sp³-hybridized carbons (Fsp3) is 0.208. The van der Waals surface area contributed by atoms with Gasteiger partial charge in [-0.1, -0.05) is 23.7 Å². The van der Waals surface area contributed by atoms with Crippen LogP contribution in [0.2, 0.25) is 5.02 Å². The molecule has 1 fully saturated rings. The summed E-state index contributed by atoms with van der Waals surface area (Å²) in [4.78, 5) is 14.8. The van der Waals surface area contributed by atoms with Gasteiger partial charge in [0.05, 0.1) is 11.4 Å². The van der Waals surface area contributed by atoms with Gasteiger partial charge >= 0.3 is 0 Å². The van der Waals surface area contributed by atoms with E-state index in [9.17, 15) is 4.79 Å². The maximum absolute atomic E-state index is 12.5. The van der Waals surface area contributed by atoms with E-state index in [2.05, 4.69) is 16.3 Å². The number of anilines is 2. The summed E-state index contributed by atoms with van der Waals surface area (Å²) >= 11 is 5.93. The van der Waals surface area contributed by atoms with Crippen LogP contribution in [0.5, 0.6) is 0 Å². The topological polar surface area (TPSA) is 45.5 Å². The second-order valence-corrected chi connectivity index (χ2v) is 7.53. The standard InChI is InChI=1S/C24H23ClN2O2/c25-19-10-8-18(9-11-19)23-14-12-20(29-23)13-15-24(28)26-21-6-2-3-7-22(21)27-16-4-1-5-17-27/h2-3,6-15H,1,4-5,16-17H2,(H,26,28). The lowest BCUT2D eigenvalue weighted by Gasteiger charge is -2.30. The van der Waals surface area contributed by atoms with Crippen LogP contribution < -0.4 is 10.2 Å². The smallest absolute Gasteiger partial charge is 0.248 e. The van der Waals surface area contributed by atoms with Gasteiger partial charge in [-0.25, -0.2) is 0 Å². The van der Waals surface area contributed by atoms with Gasteiger partial charge < -0.3 is 14.6 Å². The highest BCUT2D eigenvalue weighted by Crippen LogP contribution is 2.28. The number of benzene rings is 2. The molecule has 2 heterocycles. The molecule has 1 aliphatic heterocycles. The molecule has 1 saturated heterocycles. The maximum Gasteiger partial charge on any atom is 0.248 e. The quantitative estimate of drug-likeness (QED) is 0.510. The number of para-hydroxylation sites is 2. The van der Waals surface area contributed by atoms with Crippen molar-refractivity contribution in [3.8, 4) is 11.3 Å². The Labute approximate surface area is 175 Å². The average molecular weight is 407 g/mol. The molecule has 1 N–H and O–H groups in total. The number of hydrogen-bond donors (Lipinski definition) is 1. The van der Waals surface area contributed by atoms with Crippen molar-refractivity contribution in [3.05, 3.63) is 77.5 Å². The minimum absolute atomic E-state index is 0.182. The van der Waals surface area contributed by atoms with Crippen LogP contribution in [0.1, 0.15) is 25.0 Å². The first-order valence-corrected chi connectivity index (χ1v) is 10.3. The molecule has 0 radical (unpaired) electrons. The van der Waals surface area contributed by atoms with Crippen molar-refractivity contribution >= 4 is 35.0 Å². The van der Waals surface area contributed by atoms with Crippen LogP contribution >= 0.6 is 11.6 Å². The largest absolute Gasteiger partial charge is 0.457 e. The Morgan fingerprint density at radius 3 is 2.52 bits per heavy atom. The Bertz CT molecular complexity index is 1000. The predicted molar refractivity (Wildman–Crippen MR) is 119 cm³/mol. The third kappa shape index (κ3) is 4.90. The van der Waals surface area contributed by atoms with Crippen LogP contribution in [0.4, 0.5) is 11.4 Å². The van der Waals surface area contributed by atoms with Crippen LogP contribution in [0, 0.1) is 0 Å². The van der Waals surface area contributed by atoms with Crippen LogP contribution in [-0.2, 0) is 4.79 Å². The Morgan fingerprint density at radius 1 is 0.966 bits per heavy atom. The molecule has 1 amide bonds. The number of nitrogens with one attached hydrogen (secondary N) is 1. The summed E-state index contributed by atoms with van der Waals surface area (Å²) in [5.41, 5.74) is 2.86. The Morgan fingerprint density at radius 2 is 1.72 bits per heavy atom. The van der Waals surface area contributed by atoms with Crippen molar-refractivity contribution in [3.63, 3.8) is 0 Å². The van der Waals surface area contributed by atoms with Crippen LogP contribution in [0.15, 0.2) is 71.2 Å². The van der Waals surface area contributed by atoms with Gasteiger partial charge in [0.25, 0.3) is 0 Å². The summed E-state index contributed by atoms with van der Waals surface area (Å²) in [6.07, 6.45) is 6.83. The first-order chi connectivity index (χ1) is 14.2. The number of rotatable bonds is 5. The van der Waals surface area contributed by atoms with E-state index in [1.54, 1.807) is 6.08 Å². The summed E-state index contributed by atoms with van der Waals surface area (Å²) in [7, 11) is 0. The minimum Gasteiger partial charge on any atom is -0.457 e. The summed E-state index contributed by atoms with van der Waals surface area (Å²) < 4.78 is 5.81. The van der Waals surface area contributed by atoms with E-state index in [1.807, 2.05) is 54.6 Å². The van der Waals surface area contributed by atoms with E-state index >= 15 is 0 Å². The molecule has 0 saturated carbocycles. The van der Waals surface area contributed by atoms with Crippen LogP contribution in [0.25, 0.3) is 17.4 Å². The molecule has 3 aromatic rings. The van der Waals surface area contributed by atoms with E-state index in [-0.39, 0.29) is 5.91 Å². The molecule has 29 heavy (non-hydrogen) atoms. The van der Waals surface area contributed by atoms with Crippen molar-refractivity contribution in [2.75, 3.05) is 23.3 Å². The highest BCUT2D eigenvalue weighted by molar-refractivity contribution is 6.30. The fourth-order valence-electron chi connectivity index (χ4n) is 3.53. The lowest BCUT2D eigenvalue weighted by atomic mass is 10.1. The Kier molecular flexibility index (Phi) is 6.01. The zero-order valence-electron chi connectivity index (χ0n) is 16.1. The fourth-order valence-corrected chi connectivity index (χ4v) is 3.66. The number of hydrogen-bond acceptors (Lipinski definition) is 3. The first-order valence-electron chi connectivity index (χ1n) is 9.88. The maximum atomic E-state index is 12.5. The molecule has 4 rings (SSSR count). The van der Waals surface area contributed by atoms with Crippen LogP contribution in [-0.4, -0.2) is 19.0 Å². The molecule has 0 spiro atoms. The molecular weight excluding hydrogens is 384 g/mol. The van der Waals surface area contributed by atoms with Gasteiger partial charge in [-0.2, -0.15) is 0 Å². The van der Waals surface area contributed by atoms with Gasteiger partial charge in [0, 0.05) is 29.8 Å². The van der Waals surface area contributed by atoms with Gasteiger partial charge in [-0.15, -0.1) is 0 Å². The highest BCUT2D eigenvalue weighted by atomic mass is 35.5. The van der Waals surface area contributed by atoms with Gasteiger partial charge in [0.1, 0.15) is 11.5 Å². The molecule has 0 bridgehead atoms. The van der Waals surface area contributed by atoms with Crippen molar-refractivity contribution < 1.29 is 9.21 Å². The molecule has 4 nitrogen and oxygen atoms in total. The monoisotopic (exact) mass is 406 g/mol. The van der Waals surface area contributed by atoms with Crippen molar-refractivity contribution in [2.45, 2.75) is 19.3 Å². The number of amides is 1.